The highest BCUT2D eigenvalue weighted by Crippen LogP contribution is 2.25. The van der Waals surface area contributed by atoms with Gasteiger partial charge < -0.3 is 5.73 Å². The third-order valence-corrected chi connectivity index (χ3v) is 5.60. The number of rotatable bonds is 5. The zero-order chi connectivity index (χ0) is 15.6. The molecule has 1 heterocycles. The summed E-state index contributed by atoms with van der Waals surface area (Å²) in [5, 5.41) is 4.25. The van der Waals surface area contributed by atoms with Crippen molar-refractivity contribution in [3.05, 3.63) is 39.2 Å². The third kappa shape index (κ3) is 3.38. The van der Waals surface area contributed by atoms with Crippen LogP contribution in [-0.2, 0) is 16.6 Å². The molecule has 0 saturated heterocycles. The highest BCUT2D eigenvalue weighted by molar-refractivity contribution is 14.1. The van der Waals surface area contributed by atoms with Crippen LogP contribution in [0.25, 0.3) is 0 Å². The lowest BCUT2D eigenvalue weighted by Crippen LogP contribution is -2.16. The Bertz CT molecular complexity index is 756. The van der Waals surface area contributed by atoms with E-state index in [-0.39, 0.29) is 4.90 Å². The first-order chi connectivity index (χ1) is 9.86. The summed E-state index contributed by atoms with van der Waals surface area (Å²) in [6, 6.07) is 7.22. The minimum Gasteiger partial charge on any atom is -0.329 e. The molecule has 0 amide bonds. The van der Waals surface area contributed by atoms with Crippen LogP contribution in [0.5, 0.6) is 0 Å². The van der Waals surface area contributed by atoms with Gasteiger partial charge in [0.25, 0.3) is 10.0 Å². The molecule has 2 rings (SSSR count). The van der Waals surface area contributed by atoms with Crippen LogP contribution in [0, 0.1) is 17.4 Å². The molecular formula is C13H17IN4O2S. The Balaban J connectivity index is 2.43. The molecule has 1 aromatic carbocycles. The number of nitrogens with one attached hydrogen (secondary N) is 1. The topological polar surface area (TPSA) is 90.0 Å². The monoisotopic (exact) mass is 420 g/mol. The minimum atomic E-state index is -3.67. The number of para-hydroxylation sites is 1. The Morgan fingerprint density at radius 3 is 2.62 bits per heavy atom. The smallest absolute Gasteiger partial charge is 0.265 e. The van der Waals surface area contributed by atoms with Crippen LogP contribution in [0.1, 0.15) is 11.4 Å². The predicted molar refractivity (Wildman–Crippen MR) is 90.7 cm³/mol. The van der Waals surface area contributed by atoms with Gasteiger partial charge in [0.2, 0.25) is 0 Å². The molecule has 0 aliphatic heterocycles. The second kappa shape index (κ2) is 6.32. The second-order valence-corrected chi connectivity index (χ2v) is 7.38. The number of halogens is 1. The van der Waals surface area contributed by atoms with Gasteiger partial charge in [0.1, 0.15) is 4.90 Å². The van der Waals surface area contributed by atoms with Gasteiger partial charge in [-0.05, 0) is 48.6 Å². The fourth-order valence-electron chi connectivity index (χ4n) is 2.15. The largest absolute Gasteiger partial charge is 0.329 e. The molecule has 0 radical (unpaired) electrons. The maximum atomic E-state index is 12.6. The van der Waals surface area contributed by atoms with Gasteiger partial charge in [-0.2, -0.15) is 5.10 Å². The molecule has 0 fully saturated rings. The highest BCUT2D eigenvalue weighted by Gasteiger charge is 2.25. The van der Waals surface area contributed by atoms with Gasteiger partial charge in [-0.1, -0.05) is 12.1 Å². The van der Waals surface area contributed by atoms with Gasteiger partial charge >= 0.3 is 0 Å². The summed E-state index contributed by atoms with van der Waals surface area (Å²) in [6.07, 6.45) is 0. The minimum absolute atomic E-state index is 0.218. The quantitative estimate of drug-likeness (QED) is 0.723. The molecular weight excluding hydrogens is 403 g/mol. The Hall–Kier alpha value is -1.13. The van der Waals surface area contributed by atoms with Crippen LogP contribution >= 0.6 is 22.6 Å². The standard InChI is InChI=1S/C13H17IN4O2S/c1-9-13(10(2)18(16-9)8-7-15)21(19,20)17-12-6-4-3-5-11(12)14/h3-6,17H,7-8,15H2,1-2H3. The highest BCUT2D eigenvalue weighted by atomic mass is 127. The second-order valence-electron chi connectivity index (χ2n) is 4.60. The molecule has 0 aliphatic rings. The van der Waals surface area contributed by atoms with Crippen molar-refractivity contribution in [1.29, 1.82) is 0 Å². The first-order valence-corrected chi connectivity index (χ1v) is 8.94. The fourth-order valence-corrected chi connectivity index (χ4v) is 4.35. The summed E-state index contributed by atoms with van der Waals surface area (Å²) in [5.74, 6) is 0. The number of aryl methyl sites for hydroxylation is 1. The van der Waals surface area contributed by atoms with Crippen molar-refractivity contribution in [3.63, 3.8) is 0 Å². The van der Waals surface area contributed by atoms with Crippen LogP contribution in [0.3, 0.4) is 0 Å². The van der Waals surface area contributed by atoms with Crippen molar-refractivity contribution in [2.45, 2.75) is 25.3 Å². The molecule has 1 aromatic heterocycles. The zero-order valence-corrected chi connectivity index (χ0v) is 14.8. The number of aromatic nitrogens is 2. The van der Waals surface area contributed by atoms with Crippen LogP contribution in [0.2, 0.25) is 0 Å². The maximum absolute atomic E-state index is 12.6. The molecule has 8 heteroatoms. The average molecular weight is 420 g/mol. The van der Waals surface area contributed by atoms with Gasteiger partial charge in [-0.3, -0.25) is 9.40 Å². The lowest BCUT2D eigenvalue weighted by molar-refractivity contribution is 0.593. The molecule has 0 aliphatic carbocycles. The van der Waals surface area contributed by atoms with E-state index in [0.29, 0.717) is 30.2 Å². The molecule has 3 N–H and O–H groups in total. The number of hydrogen-bond acceptors (Lipinski definition) is 4. The third-order valence-electron chi connectivity index (χ3n) is 3.04. The summed E-state index contributed by atoms with van der Waals surface area (Å²) in [6.45, 7) is 4.32. The molecule has 0 atom stereocenters. The van der Waals surface area contributed by atoms with Gasteiger partial charge in [0.05, 0.1) is 23.6 Å². The lowest BCUT2D eigenvalue weighted by Gasteiger charge is -2.10. The van der Waals surface area contributed by atoms with Crippen molar-refractivity contribution in [2.24, 2.45) is 5.73 Å². The Morgan fingerprint density at radius 2 is 2.00 bits per heavy atom. The maximum Gasteiger partial charge on any atom is 0.265 e. The van der Waals surface area contributed by atoms with E-state index in [1.54, 1.807) is 30.7 Å². The van der Waals surface area contributed by atoms with Gasteiger partial charge in [-0.25, -0.2) is 8.42 Å². The Morgan fingerprint density at radius 1 is 1.33 bits per heavy atom. The molecule has 6 nitrogen and oxygen atoms in total. The number of benzene rings is 1. The van der Waals surface area contributed by atoms with Crippen molar-refractivity contribution >= 4 is 38.3 Å². The zero-order valence-electron chi connectivity index (χ0n) is 11.8. The number of nitrogens with two attached hydrogens (primary N) is 1. The number of sulfonamides is 1. The van der Waals surface area contributed by atoms with E-state index in [2.05, 4.69) is 32.4 Å². The van der Waals surface area contributed by atoms with E-state index in [1.165, 1.54) is 0 Å². The van der Waals surface area contributed by atoms with Crippen molar-refractivity contribution in [2.75, 3.05) is 11.3 Å². The summed E-state index contributed by atoms with van der Waals surface area (Å²) in [4.78, 5) is 0.218. The van der Waals surface area contributed by atoms with Crippen LogP contribution in [0.4, 0.5) is 5.69 Å². The normalized spacial score (nSPS) is 11.6. The molecule has 2 aromatic rings. The predicted octanol–water partition coefficient (Wildman–Crippen LogP) is 1.86. The first-order valence-electron chi connectivity index (χ1n) is 6.38. The number of hydrogen-bond donors (Lipinski definition) is 2. The van der Waals surface area contributed by atoms with Crippen LogP contribution < -0.4 is 10.5 Å². The Kier molecular flexibility index (Phi) is 4.89. The van der Waals surface area contributed by atoms with Crippen LogP contribution in [-0.4, -0.2) is 24.7 Å². The van der Waals surface area contributed by atoms with Gasteiger partial charge in [-0.15, -0.1) is 0 Å². The molecule has 21 heavy (non-hydrogen) atoms. The van der Waals surface area contributed by atoms with Crippen molar-refractivity contribution < 1.29 is 8.42 Å². The van der Waals surface area contributed by atoms with Gasteiger partial charge in [0.15, 0.2) is 0 Å². The van der Waals surface area contributed by atoms with E-state index in [4.69, 9.17) is 5.73 Å². The van der Waals surface area contributed by atoms with E-state index in [9.17, 15) is 8.42 Å². The summed E-state index contributed by atoms with van der Waals surface area (Å²) in [5.41, 5.74) is 7.14. The fraction of sp³-hybridized carbons (Fsp3) is 0.308. The van der Waals surface area contributed by atoms with E-state index >= 15 is 0 Å². The molecule has 0 bridgehead atoms. The van der Waals surface area contributed by atoms with E-state index in [0.717, 1.165) is 3.57 Å². The first kappa shape index (κ1) is 16.2. The average Bonchev–Trinajstić information content (AvgIpc) is 2.68. The summed E-state index contributed by atoms with van der Waals surface area (Å²) in [7, 11) is -3.67. The SMILES string of the molecule is Cc1nn(CCN)c(C)c1S(=O)(=O)Nc1ccccc1I. The molecule has 0 saturated carbocycles. The lowest BCUT2D eigenvalue weighted by atomic mass is 10.3. The van der Waals surface area contributed by atoms with E-state index < -0.39 is 10.0 Å². The number of nitrogens with zero attached hydrogens (tertiary/aromatic N) is 2. The van der Waals surface area contributed by atoms with Gasteiger partial charge in [0, 0.05) is 10.1 Å². The molecule has 0 unspecified atom stereocenters. The molecule has 114 valence electrons. The number of anilines is 1. The summed E-state index contributed by atoms with van der Waals surface area (Å²) >= 11 is 2.09. The van der Waals surface area contributed by atoms with Crippen LogP contribution in [0.15, 0.2) is 29.2 Å². The van der Waals surface area contributed by atoms with Crippen molar-refractivity contribution in [1.82, 2.24) is 9.78 Å². The summed E-state index contributed by atoms with van der Waals surface area (Å²) < 4.78 is 30.3. The Labute approximate surface area is 137 Å². The van der Waals surface area contributed by atoms with Crippen molar-refractivity contribution in [3.8, 4) is 0 Å². The molecule has 0 spiro atoms. The van der Waals surface area contributed by atoms with E-state index in [1.807, 2.05) is 12.1 Å².